The van der Waals surface area contributed by atoms with Crippen LogP contribution in [0.5, 0.6) is 11.5 Å². The molecule has 0 saturated carbocycles. The standard InChI is InChI=1S/C18H18F3N3O5/c1-24-8-10(4-5-14(24)25)17(27)23-12-6-11(7-13(28-2)15(12)29-3)16(26)22-9-18(19,20)21/h4-8H,9H2,1-3H3,(H,22,26)(H,23,27). The monoisotopic (exact) mass is 413 g/mol. The van der Waals surface area contributed by atoms with E-state index in [9.17, 15) is 27.6 Å². The van der Waals surface area contributed by atoms with Gasteiger partial charge in [0.2, 0.25) is 5.56 Å². The Balaban J connectivity index is 2.38. The van der Waals surface area contributed by atoms with Gasteiger partial charge in [0.05, 0.1) is 25.5 Å². The molecule has 0 aliphatic carbocycles. The first-order valence-electron chi connectivity index (χ1n) is 8.14. The largest absolute Gasteiger partial charge is 0.493 e. The van der Waals surface area contributed by atoms with Gasteiger partial charge in [-0.15, -0.1) is 0 Å². The average molecular weight is 413 g/mol. The van der Waals surface area contributed by atoms with Gasteiger partial charge in [-0.1, -0.05) is 0 Å². The van der Waals surface area contributed by atoms with Crippen LogP contribution in [0.4, 0.5) is 18.9 Å². The van der Waals surface area contributed by atoms with Crippen LogP contribution in [0.25, 0.3) is 0 Å². The van der Waals surface area contributed by atoms with Gasteiger partial charge in [0, 0.05) is 24.9 Å². The van der Waals surface area contributed by atoms with E-state index in [-0.39, 0.29) is 33.9 Å². The number of hydrogen-bond acceptors (Lipinski definition) is 5. The number of nitrogens with one attached hydrogen (secondary N) is 2. The molecule has 0 aliphatic rings. The van der Waals surface area contributed by atoms with Crippen LogP contribution in [0, 0.1) is 0 Å². The van der Waals surface area contributed by atoms with Gasteiger partial charge >= 0.3 is 6.18 Å². The van der Waals surface area contributed by atoms with E-state index in [0.29, 0.717) is 0 Å². The molecular formula is C18H18F3N3O5. The van der Waals surface area contributed by atoms with E-state index in [1.165, 1.54) is 50.2 Å². The highest BCUT2D eigenvalue weighted by molar-refractivity contribution is 6.06. The Bertz CT molecular complexity index is 986. The van der Waals surface area contributed by atoms with Gasteiger partial charge < -0.3 is 24.7 Å². The second kappa shape index (κ2) is 8.67. The summed E-state index contributed by atoms with van der Waals surface area (Å²) in [6.45, 7) is -1.51. The third kappa shape index (κ3) is 5.50. The lowest BCUT2D eigenvalue weighted by molar-refractivity contribution is -0.123. The summed E-state index contributed by atoms with van der Waals surface area (Å²) in [5, 5.41) is 4.25. The van der Waals surface area contributed by atoms with Crippen LogP contribution in [0.1, 0.15) is 20.7 Å². The number of pyridine rings is 1. The minimum Gasteiger partial charge on any atom is -0.493 e. The van der Waals surface area contributed by atoms with Gasteiger partial charge in [0.1, 0.15) is 6.54 Å². The van der Waals surface area contributed by atoms with Crippen molar-refractivity contribution in [3.05, 3.63) is 51.9 Å². The average Bonchev–Trinajstić information content (AvgIpc) is 2.66. The minimum absolute atomic E-state index is 0.00265. The number of anilines is 1. The Morgan fingerprint density at radius 1 is 1.07 bits per heavy atom. The normalized spacial score (nSPS) is 11.0. The van der Waals surface area contributed by atoms with Crippen LogP contribution >= 0.6 is 0 Å². The van der Waals surface area contributed by atoms with Crippen LogP contribution in [-0.4, -0.2) is 43.3 Å². The fourth-order valence-electron chi connectivity index (χ4n) is 2.39. The fraction of sp³-hybridized carbons (Fsp3) is 0.278. The molecule has 0 saturated heterocycles. The summed E-state index contributed by atoms with van der Waals surface area (Å²) in [4.78, 5) is 36.1. The van der Waals surface area contributed by atoms with Crippen LogP contribution in [0.2, 0.25) is 0 Å². The maximum absolute atomic E-state index is 12.5. The van der Waals surface area contributed by atoms with E-state index >= 15 is 0 Å². The highest BCUT2D eigenvalue weighted by Crippen LogP contribution is 2.37. The van der Waals surface area contributed by atoms with E-state index < -0.39 is 24.5 Å². The summed E-state index contributed by atoms with van der Waals surface area (Å²) in [6.07, 6.45) is -3.27. The number of benzene rings is 1. The minimum atomic E-state index is -4.58. The number of halogens is 3. The summed E-state index contributed by atoms with van der Waals surface area (Å²) in [5.41, 5.74) is -0.352. The van der Waals surface area contributed by atoms with Crippen molar-refractivity contribution in [3.63, 3.8) is 0 Å². The number of amides is 2. The van der Waals surface area contributed by atoms with Crippen molar-refractivity contribution < 1.29 is 32.2 Å². The maximum Gasteiger partial charge on any atom is 0.405 e. The molecule has 0 bridgehead atoms. The van der Waals surface area contributed by atoms with Gasteiger partial charge in [0.25, 0.3) is 11.8 Å². The van der Waals surface area contributed by atoms with Crippen molar-refractivity contribution in [1.82, 2.24) is 9.88 Å². The van der Waals surface area contributed by atoms with Crippen molar-refractivity contribution >= 4 is 17.5 Å². The molecule has 1 aromatic heterocycles. The van der Waals surface area contributed by atoms with Crippen molar-refractivity contribution in [2.24, 2.45) is 7.05 Å². The molecule has 2 N–H and O–H groups in total. The van der Waals surface area contributed by atoms with Crippen LogP contribution in [-0.2, 0) is 7.05 Å². The third-order valence-electron chi connectivity index (χ3n) is 3.79. The lowest BCUT2D eigenvalue weighted by Gasteiger charge is -2.16. The number of carbonyl (C=O) groups is 2. The first kappa shape index (κ1) is 21.8. The van der Waals surface area contributed by atoms with Gasteiger partial charge in [-0.25, -0.2) is 0 Å². The van der Waals surface area contributed by atoms with E-state index in [0.717, 1.165) is 6.07 Å². The van der Waals surface area contributed by atoms with E-state index in [4.69, 9.17) is 9.47 Å². The summed E-state index contributed by atoms with van der Waals surface area (Å²) in [7, 11) is 4.03. The molecule has 0 spiro atoms. The Hall–Kier alpha value is -3.50. The van der Waals surface area contributed by atoms with E-state index in [1.54, 1.807) is 5.32 Å². The molecule has 2 aromatic rings. The molecule has 0 unspecified atom stereocenters. The first-order valence-corrected chi connectivity index (χ1v) is 8.14. The number of ether oxygens (including phenoxy) is 2. The Morgan fingerprint density at radius 3 is 2.31 bits per heavy atom. The second-order valence-electron chi connectivity index (χ2n) is 5.88. The molecule has 156 valence electrons. The number of alkyl halides is 3. The summed E-state index contributed by atoms with van der Waals surface area (Å²) < 4.78 is 48.6. The molecule has 2 rings (SSSR count). The van der Waals surface area contributed by atoms with Gasteiger partial charge in [-0.3, -0.25) is 14.4 Å². The SMILES string of the molecule is COc1cc(C(=O)NCC(F)(F)F)cc(NC(=O)c2ccc(=O)n(C)c2)c1OC. The predicted molar refractivity (Wildman–Crippen MR) is 97.6 cm³/mol. The van der Waals surface area contributed by atoms with Gasteiger partial charge in [0.15, 0.2) is 11.5 Å². The summed E-state index contributed by atoms with van der Waals surface area (Å²) in [5.74, 6) is -1.55. The quantitative estimate of drug-likeness (QED) is 0.754. The highest BCUT2D eigenvalue weighted by atomic mass is 19.4. The maximum atomic E-state index is 12.5. The molecular weight excluding hydrogens is 395 g/mol. The van der Waals surface area contributed by atoms with Crippen LogP contribution in [0.15, 0.2) is 35.3 Å². The fourth-order valence-corrected chi connectivity index (χ4v) is 2.39. The lowest BCUT2D eigenvalue weighted by Crippen LogP contribution is -2.33. The number of nitrogens with zero attached hydrogens (tertiary/aromatic N) is 1. The van der Waals surface area contributed by atoms with Crippen molar-refractivity contribution in [2.75, 3.05) is 26.1 Å². The first-order chi connectivity index (χ1) is 13.6. The predicted octanol–water partition coefficient (Wildman–Crippen LogP) is 1.95. The Morgan fingerprint density at radius 2 is 1.76 bits per heavy atom. The van der Waals surface area contributed by atoms with Gasteiger partial charge in [-0.2, -0.15) is 13.2 Å². The van der Waals surface area contributed by atoms with Crippen LogP contribution in [0.3, 0.4) is 0 Å². The smallest absolute Gasteiger partial charge is 0.405 e. The molecule has 29 heavy (non-hydrogen) atoms. The zero-order chi connectivity index (χ0) is 21.8. The number of rotatable bonds is 6. The number of carbonyl (C=O) groups excluding carboxylic acids is 2. The Labute approximate surface area is 163 Å². The van der Waals surface area contributed by atoms with Crippen molar-refractivity contribution in [1.29, 1.82) is 0 Å². The molecule has 0 atom stereocenters. The second-order valence-corrected chi connectivity index (χ2v) is 5.88. The zero-order valence-corrected chi connectivity index (χ0v) is 15.7. The number of methoxy groups -OCH3 is 2. The summed E-state index contributed by atoms with van der Waals surface area (Å²) >= 11 is 0. The van der Waals surface area contributed by atoms with E-state index in [2.05, 4.69) is 5.32 Å². The molecule has 11 heteroatoms. The molecule has 0 fully saturated rings. The molecule has 8 nitrogen and oxygen atoms in total. The number of hydrogen-bond donors (Lipinski definition) is 2. The van der Waals surface area contributed by atoms with Crippen molar-refractivity contribution in [2.45, 2.75) is 6.18 Å². The molecule has 1 heterocycles. The molecule has 0 radical (unpaired) electrons. The lowest BCUT2D eigenvalue weighted by atomic mass is 10.1. The zero-order valence-electron chi connectivity index (χ0n) is 15.7. The topological polar surface area (TPSA) is 98.7 Å². The number of aryl methyl sites for hydroxylation is 1. The van der Waals surface area contributed by atoms with Crippen LogP contribution < -0.4 is 25.7 Å². The van der Waals surface area contributed by atoms with Gasteiger partial charge in [-0.05, 0) is 18.2 Å². The molecule has 1 aromatic carbocycles. The van der Waals surface area contributed by atoms with E-state index in [1.807, 2.05) is 0 Å². The third-order valence-corrected chi connectivity index (χ3v) is 3.79. The summed E-state index contributed by atoms with van der Waals surface area (Å²) in [6, 6.07) is 4.86. The highest BCUT2D eigenvalue weighted by Gasteiger charge is 2.28. The van der Waals surface area contributed by atoms with Crippen molar-refractivity contribution in [3.8, 4) is 11.5 Å². The molecule has 2 amide bonds. The molecule has 0 aliphatic heterocycles. The number of aromatic nitrogens is 1. The Kier molecular flexibility index (Phi) is 6.52.